The molecule has 2 rings (SSSR count). The average Bonchev–Trinajstić information content (AvgIpc) is 2.50. The molecule has 1 nitrogen and oxygen atoms in total. The first-order valence-corrected chi connectivity index (χ1v) is 5.98. The number of anilines is 1. The molecular weight excluding hydrogens is 206 g/mol. The highest BCUT2D eigenvalue weighted by Gasteiger charge is 2.34. The van der Waals surface area contributed by atoms with Crippen LogP contribution in [-0.2, 0) is 0 Å². The van der Waals surface area contributed by atoms with E-state index in [1.807, 2.05) is 12.1 Å². The molecule has 82 valence electrons. The molecule has 1 aliphatic rings. The lowest BCUT2D eigenvalue weighted by Crippen LogP contribution is -2.30. The van der Waals surface area contributed by atoms with Gasteiger partial charge in [-0.15, -0.1) is 0 Å². The van der Waals surface area contributed by atoms with Crippen molar-refractivity contribution >= 4 is 17.3 Å². The van der Waals surface area contributed by atoms with Crippen molar-refractivity contribution in [1.29, 1.82) is 0 Å². The molecule has 0 aliphatic heterocycles. The van der Waals surface area contributed by atoms with Crippen LogP contribution >= 0.6 is 11.6 Å². The summed E-state index contributed by atoms with van der Waals surface area (Å²) in [4.78, 5) is 0. The van der Waals surface area contributed by atoms with Gasteiger partial charge in [0.05, 0.1) is 0 Å². The number of benzene rings is 1. The van der Waals surface area contributed by atoms with Gasteiger partial charge in [-0.2, -0.15) is 0 Å². The summed E-state index contributed by atoms with van der Waals surface area (Å²) in [6, 6.07) is 8.57. The lowest BCUT2D eigenvalue weighted by atomic mass is 9.87. The second-order valence-electron chi connectivity index (χ2n) is 5.08. The highest BCUT2D eigenvalue weighted by molar-refractivity contribution is 6.30. The molecule has 1 aromatic carbocycles. The lowest BCUT2D eigenvalue weighted by molar-refractivity contribution is 0.350. The monoisotopic (exact) mass is 223 g/mol. The summed E-state index contributed by atoms with van der Waals surface area (Å²) in [7, 11) is 0. The van der Waals surface area contributed by atoms with Crippen LogP contribution in [0.3, 0.4) is 0 Å². The molecule has 0 amide bonds. The van der Waals surface area contributed by atoms with Crippen LogP contribution in [0.5, 0.6) is 0 Å². The minimum absolute atomic E-state index is 0.416. The number of nitrogens with one attached hydrogen (secondary N) is 1. The average molecular weight is 224 g/mol. The van der Waals surface area contributed by atoms with Gasteiger partial charge in [0.25, 0.3) is 0 Å². The summed E-state index contributed by atoms with van der Waals surface area (Å²) >= 11 is 5.86. The molecule has 15 heavy (non-hydrogen) atoms. The highest BCUT2D eigenvalue weighted by Crippen LogP contribution is 2.39. The molecule has 2 heteroatoms. The number of hydrogen-bond donors (Lipinski definition) is 1. The molecule has 1 aliphatic carbocycles. The predicted octanol–water partition coefficient (Wildman–Crippen LogP) is 4.33. The van der Waals surface area contributed by atoms with E-state index < -0.39 is 0 Å². The zero-order valence-electron chi connectivity index (χ0n) is 9.39. The Hall–Kier alpha value is -0.690. The molecule has 0 spiro atoms. The minimum Gasteiger partial charge on any atom is -0.382 e. The molecule has 1 saturated carbocycles. The van der Waals surface area contributed by atoms with Gasteiger partial charge in [0.2, 0.25) is 0 Å². The van der Waals surface area contributed by atoms with Gasteiger partial charge in [-0.05, 0) is 42.5 Å². The summed E-state index contributed by atoms with van der Waals surface area (Å²) in [5.74, 6) is 0. The zero-order chi connectivity index (χ0) is 10.9. The van der Waals surface area contributed by atoms with Crippen molar-refractivity contribution in [1.82, 2.24) is 0 Å². The molecule has 0 saturated heterocycles. The van der Waals surface area contributed by atoms with Gasteiger partial charge in [0.1, 0.15) is 0 Å². The number of rotatable bonds is 2. The van der Waals surface area contributed by atoms with Crippen LogP contribution in [0.15, 0.2) is 24.3 Å². The Balaban J connectivity index is 2.06. The minimum atomic E-state index is 0.416. The van der Waals surface area contributed by atoms with E-state index in [2.05, 4.69) is 31.3 Å². The largest absolute Gasteiger partial charge is 0.382 e. The standard InChI is InChI=1S/C13H18ClN/c1-13(2)9-3-4-12(13)15-11-7-5-10(14)6-8-11/h5-8,12,15H,3-4,9H2,1-2H3. The van der Waals surface area contributed by atoms with Crippen LogP contribution < -0.4 is 5.32 Å². The SMILES string of the molecule is CC1(C)CCCC1Nc1ccc(Cl)cc1. The Bertz CT molecular complexity index is 329. The normalized spacial score (nSPS) is 24.1. The maximum atomic E-state index is 5.86. The van der Waals surface area contributed by atoms with Crippen LogP contribution in [0.1, 0.15) is 33.1 Å². The van der Waals surface area contributed by atoms with E-state index in [0.29, 0.717) is 11.5 Å². The molecule has 0 heterocycles. The fourth-order valence-electron chi connectivity index (χ4n) is 2.34. The van der Waals surface area contributed by atoms with Crippen LogP contribution in [0.25, 0.3) is 0 Å². The van der Waals surface area contributed by atoms with Gasteiger partial charge in [0.15, 0.2) is 0 Å². The predicted molar refractivity (Wildman–Crippen MR) is 66.5 cm³/mol. The van der Waals surface area contributed by atoms with Crippen molar-refractivity contribution in [3.8, 4) is 0 Å². The Morgan fingerprint density at radius 2 is 1.93 bits per heavy atom. The van der Waals surface area contributed by atoms with Crippen molar-refractivity contribution in [3.05, 3.63) is 29.3 Å². The third-order valence-corrected chi connectivity index (χ3v) is 3.69. The second-order valence-corrected chi connectivity index (χ2v) is 5.52. The van der Waals surface area contributed by atoms with Crippen molar-refractivity contribution < 1.29 is 0 Å². The highest BCUT2D eigenvalue weighted by atomic mass is 35.5. The Labute approximate surface area is 96.8 Å². The summed E-state index contributed by atoms with van der Waals surface area (Å²) in [6.07, 6.45) is 3.92. The van der Waals surface area contributed by atoms with E-state index in [-0.39, 0.29) is 0 Å². The van der Waals surface area contributed by atoms with Crippen LogP contribution in [0.4, 0.5) is 5.69 Å². The summed E-state index contributed by atoms with van der Waals surface area (Å²) in [5.41, 5.74) is 1.60. The van der Waals surface area contributed by atoms with Gasteiger partial charge in [-0.3, -0.25) is 0 Å². The van der Waals surface area contributed by atoms with E-state index in [1.165, 1.54) is 24.9 Å². The van der Waals surface area contributed by atoms with Crippen LogP contribution in [0, 0.1) is 5.41 Å². The van der Waals surface area contributed by atoms with Crippen molar-refractivity contribution in [2.75, 3.05) is 5.32 Å². The van der Waals surface area contributed by atoms with Crippen molar-refractivity contribution in [2.24, 2.45) is 5.41 Å². The van der Waals surface area contributed by atoms with Gasteiger partial charge in [-0.25, -0.2) is 0 Å². The van der Waals surface area contributed by atoms with Gasteiger partial charge in [0, 0.05) is 16.8 Å². The smallest absolute Gasteiger partial charge is 0.0407 e. The molecule has 1 unspecified atom stereocenters. The lowest BCUT2D eigenvalue weighted by Gasteiger charge is -2.28. The van der Waals surface area contributed by atoms with E-state index in [1.54, 1.807) is 0 Å². The summed E-state index contributed by atoms with van der Waals surface area (Å²) in [5, 5.41) is 4.40. The molecule has 1 N–H and O–H groups in total. The molecule has 1 aromatic rings. The Morgan fingerprint density at radius 1 is 1.27 bits per heavy atom. The molecule has 0 radical (unpaired) electrons. The first-order chi connectivity index (χ1) is 7.08. The second kappa shape index (κ2) is 4.05. The third kappa shape index (κ3) is 2.46. The fourth-order valence-corrected chi connectivity index (χ4v) is 2.47. The molecule has 1 atom stereocenters. The maximum Gasteiger partial charge on any atom is 0.0407 e. The fraction of sp³-hybridized carbons (Fsp3) is 0.538. The topological polar surface area (TPSA) is 12.0 Å². The Kier molecular flexibility index (Phi) is 2.92. The molecular formula is C13H18ClN. The maximum absolute atomic E-state index is 5.86. The third-order valence-electron chi connectivity index (χ3n) is 3.44. The zero-order valence-corrected chi connectivity index (χ0v) is 10.1. The number of hydrogen-bond acceptors (Lipinski definition) is 1. The van der Waals surface area contributed by atoms with Crippen molar-refractivity contribution in [2.45, 2.75) is 39.2 Å². The quantitative estimate of drug-likeness (QED) is 0.787. The molecule has 0 bridgehead atoms. The van der Waals surface area contributed by atoms with Crippen LogP contribution in [-0.4, -0.2) is 6.04 Å². The molecule has 0 aromatic heterocycles. The van der Waals surface area contributed by atoms with Crippen molar-refractivity contribution in [3.63, 3.8) is 0 Å². The first-order valence-electron chi connectivity index (χ1n) is 5.60. The van der Waals surface area contributed by atoms with Gasteiger partial charge >= 0.3 is 0 Å². The molecule has 1 fully saturated rings. The van der Waals surface area contributed by atoms with E-state index in [4.69, 9.17) is 11.6 Å². The van der Waals surface area contributed by atoms with Gasteiger partial charge in [-0.1, -0.05) is 31.9 Å². The van der Waals surface area contributed by atoms with E-state index in [0.717, 1.165) is 5.02 Å². The summed E-state index contributed by atoms with van der Waals surface area (Å²) in [6.45, 7) is 4.68. The van der Waals surface area contributed by atoms with E-state index >= 15 is 0 Å². The van der Waals surface area contributed by atoms with E-state index in [9.17, 15) is 0 Å². The first kappa shape index (κ1) is 10.8. The number of halogens is 1. The summed E-state index contributed by atoms with van der Waals surface area (Å²) < 4.78 is 0. The Morgan fingerprint density at radius 3 is 2.47 bits per heavy atom. The van der Waals surface area contributed by atoms with Gasteiger partial charge < -0.3 is 5.32 Å². The van der Waals surface area contributed by atoms with Crippen LogP contribution in [0.2, 0.25) is 5.02 Å².